The summed E-state index contributed by atoms with van der Waals surface area (Å²) in [6.45, 7) is 1.23. The van der Waals surface area contributed by atoms with E-state index in [1.165, 1.54) is 4.90 Å². The number of aliphatic hydroxyl groups is 2. The second-order valence-corrected chi connectivity index (χ2v) is 4.98. The molecule has 0 spiro atoms. The van der Waals surface area contributed by atoms with Gasteiger partial charge in [-0.15, -0.1) is 11.6 Å². The van der Waals surface area contributed by atoms with E-state index in [0.717, 1.165) is 0 Å². The molecule has 0 bridgehead atoms. The second-order valence-electron chi connectivity index (χ2n) is 4.24. The van der Waals surface area contributed by atoms with Crippen LogP contribution in [0.5, 0.6) is 0 Å². The second kappa shape index (κ2) is 5.74. The number of benzene rings is 1. The first-order valence-corrected chi connectivity index (χ1v) is 6.58. The van der Waals surface area contributed by atoms with Crippen LogP contribution in [0.2, 0.25) is 5.02 Å². The van der Waals surface area contributed by atoms with Crippen molar-refractivity contribution in [1.82, 2.24) is 4.90 Å². The van der Waals surface area contributed by atoms with Crippen molar-refractivity contribution >= 4 is 23.2 Å². The number of alkyl halides is 1. The van der Waals surface area contributed by atoms with Gasteiger partial charge in [0, 0.05) is 29.6 Å². The lowest BCUT2D eigenvalue weighted by molar-refractivity contribution is -0.292. The standard InChI is InChI=1S/C12H15Cl2NO3/c13-7-11-8-15(5-6-18-11)12(16,17)9-1-3-10(14)4-2-9/h1-4,11,16-17H,5-8H2. The first-order chi connectivity index (χ1) is 8.54. The minimum atomic E-state index is -2.03. The van der Waals surface area contributed by atoms with Crippen molar-refractivity contribution in [3.05, 3.63) is 34.9 Å². The van der Waals surface area contributed by atoms with E-state index in [4.69, 9.17) is 27.9 Å². The Morgan fingerprint density at radius 1 is 1.33 bits per heavy atom. The summed E-state index contributed by atoms with van der Waals surface area (Å²) in [6, 6.07) is 6.43. The van der Waals surface area contributed by atoms with Gasteiger partial charge in [0.1, 0.15) is 0 Å². The van der Waals surface area contributed by atoms with Gasteiger partial charge in [0.25, 0.3) is 5.91 Å². The zero-order valence-corrected chi connectivity index (χ0v) is 11.2. The van der Waals surface area contributed by atoms with Crippen molar-refractivity contribution in [3.63, 3.8) is 0 Å². The zero-order valence-electron chi connectivity index (χ0n) is 9.72. The van der Waals surface area contributed by atoms with Crippen LogP contribution in [-0.2, 0) is 10.6 Å². The van der Waals surface area contributed by atoms with Gasteiger partial charge in [-0.3, -0.25) is 0 Å². The van der Waals surface area contributed by atoms with Gasteiger partial charge in [-0.2, -0.15) is 0 Å². The van der Waals surface area contributed by atoms with Crippen LogP contribution in [0.3, 0.4) is 0 Å². The average Bonchev–Trinajstić information content (AvgIpc) is 2.39. The van der Waals surface area contributed by atoms with E-state index in [0.29, 0.717) is 36.2 Å². The highest BCUT2D eigenvalue weighted by Crippen LogP contribution is 2.26. The van der Waals surface area contributed by atoms with Gasteiger partial charge < -0.3 is 14.9 Å². The fraction of sp³-hybridized carbons (Fsp3) is 0.500. The minimum Gasteiger partial charge on any atom is -0.374 e. The number of morpholine rings is 1. The van der Waals surface area contributed by atoms with E-state index in [2.05, 4.69) is 0 Å². The summed E-state index contributed by atoms with van der Waals surface area (Å²) in [5.41, 5.74) is 0.377. The van der Waals surface area contributed by atoms with Crippen molar-refractivity contribution in [2.75, 3.05) is 25.6 Å². The first-order valence-electron chi connectivity index (χ1n) is 5.67. The van der Waals surface area contributed by atoms with Crippen LogP contribution >= 0.6 is 23.2 Å². The van der Waals surface area contributed by atoms with Crippen LogP contribution in [0.1, 0.15) is 5.56 Å². The normalized spacial score (nSPS) is 22.1. The molecule has 0 radical (unpaired) electrons. The van der Waals surface area contributed by atoms with Crippen molar-refractivity contribution in [1.29, 1.82) is 0 Å². The maximum atomic E-state index is 10.3. The Morgan fingerprint density at radius 2 is 2.00 bits per heavy atom. The van der Waals surface area contributed by atoms with Crippen molar-refractivity contribution in [3.8, 4) is 0 Å². The van der Waals surface area contributed by atoms with Gasteiger partial charge in [-0.05, 0) is 12.1 Å². The lowest BCUT2D eigenvalue weighted by Crippen LogP contribution is -2.54. The highest BCUT2D eigenvalue weighted by molar-refractivity contribution is 6.30. The predicted octanol–water partition coefficient (Wildman–Crippen LogP) is 1.37. The van der Waals surface area contributed by atoms with Crippen LogP contribution in [0.15, 0.2) is 24.3 Å². The Hall–Kier alpha value is -0.360. The average molecular weight is 292 g/mol. The molecule has 1 heterocycles. The van der Waals surface area contributed by atoms with E-state index in [1.54, 1.807) is 24.3 Å². The maximum absolute atomic E-state index is 10.3. The molecule has 1 atom stereocenters. The molecular weight excluding hydrogens is 277 g/mol. The molecule has 0 aromatic heterocycles. The summed E-state index contributed by atoms with van der Waals surface area (Å²) in [4.78, 5) is 1.53. The Bertz CT molecular complexity index is 397. The summed E-state index contributed by atoms with van der Waals surface area (Å²) >= 11 is 11.5. The molecule has 0 aliphatic carbocycles. The Labute approximate surface area is 116 Å². The van der Waals surface area contributed by atoms with E-state index in [1.807, 2.05) is 0 Å². The Kier molecular flexibility index (Phi) is 4.48. The molecule has 1 aromatic carbocycles. The molecule has 4 nitrogen and oxygen atoms in total. The topological polar surface area (TPSA) is 52.9 Å². The van der Waals surface area contributed by atoms with Crippen LogP contribution < -0.4 is 0 Å². The summed E-state index contributed by atoms with van der Waals surface area (Å²) < 4.78 is 5.39. The fourth-order valence-electron chi connectivity index (χ4n) is 1.95. The fourth-order valence-corrected chi connectivity index (χ4v) is 2.26. The number of halogens is 2. The van der Waals surface area contributed by atoms with E-state index in [9.17, 15) is 10.2 Å². The third-order valence-corrected chi connectivity index (χ3v) is 3.58. The molecule has 2 N–H and O–H groups in total. The molecule has 1 aliphatic heterocycles. The van der Waals surface area contributed by atoms with Crippen molar-refractivity contribution in [2.45, 2.75) is 12.0 Å². The number of nitrogens with zero attached hydrogens (tertiary/aromatic N) is 1. The SMILES string of the molecule is OC(O)(c1ccc(Cl)cc1)N1CCOC(CCl)C1. The van der Waals surface area contributed by atoms with Gasteiger partial charge in [0.05, 0.1) is 12.7 Å². The molecule has 0 amide bonds. The van der Waals surface area contributed by atoms with Crippen molar-refractivity contribution < 1.29 is 14.9 Å². The lowest BCUT2D eigenvalue weighted by atomic mass is 10.1. The van der Waals surface area contributed by atoms with Gasteiger partial charge in [-0.25, -0.2) is 4.90 Å². The van der Waals surface area contributed by atoms with Gasteiger partial charge in [0.2, 0.25) is 0 Å². The molecule has 1 unspecified atom stereocenters. The Balaban J connectivity index is 2.16. The number of hydrogen-bond acceptors (Lipinski definition) is 4. The van der Waals surface area contributed by atoms with E-state index < -0.39 is 5.91 Å². The van der Waals surface area contributed by atoms with Crippen LogP contribution in [0.25, 0.3) is 0 Å². The molecule has 0 saturated carbocycles. The minimum absolute atomic E-state index is 0.189. The molecule has 1 aromatic rings. The van der Waals surface area contributed by atoms with E-state index in [-0.39, 0.29) is 6.10 Å². The molecule has 6 heteroatoms. The van der Waals surface area contributed by atoms with Gasteiger partial charge in [0.15, 0.2) is 0 Å². The quantitative estimate of drug-likeness (QED) is 0.653. The molecule has 100 valence electrons. The predicted molar refractivity (Wildman–Crippen MR) is 69.6 cm³/mol. The molecule has 18 heavy (non-hydrogen) atoms. The summed E-state index contributed by atoms with van der Waals surface area (Å²) in [6.07, 6.45) is -0.189. The summed E-state index contributed by atoms with van der Waals surface area (Å²) in [5, 5.41) is 21.1. The van der Waals surface area contributed by atoms with Gasteiger partial charge in [-0.1, -0.05) is 23.7 Å². The number of rotatable bonds is 3. The number of hydrogen-bond donors (Lipinski definition) is 2. The summed E-state index contributed by atoms with van der Waals surface area (Å²) in [5.74, 6) is -1.70. The van der Waals surface area contributed by atoms with Crippen LogP contribution in [-0.4, -0.2) is 46.8 Å². The first kappa shape index (κ1) is 14.1. The molecule has 1 fully saturated rings. The zero-order chi connectivity index (χ0) is 13.2. The van der Waals surface area contributed by atoms with Crippen molar-refractivity contribution in [2.24, 2.45) is 0 Å². The monoisotopic (exact) mass is 291 g/mol. The highest BCUT2D eigenvalue weighted by atomic mass is 35.5. The van der Waals surface area contributed by atoms with Gasteiger partial charge >= 0.3 is 0 Å². The maximum Gasteiger partial charge on any atom is 0.253 e. The largest absolute Gasteiger partial charge is 0.374 e. The van der Waals surface area contributed by atoms with E-state index >= 15 is 0 Å². The molecule has 2 rings (SSSR count). The van der Waals surface area contributed by atoms with Crippen LogP contribution in [0.4, 0.5) is 0 Å². The Morgan fingerprint density at radius 3 is 2.61 bits per heavy atom. The summed E-state index contributed by atoms with van der Waals surface area (Å²) in [7, 11) is 0. The smallest absolute Gasteiger partial charge is 0.253 e. The third kappa shape index (κ3) is 2.96. The highest BCUT2D eigenvalue weighted by Gasteiger charge is 2.37. The molecule has 1 aliphatic rings. The number of ether oxygens (including phenoxy) is 1. The lowest BCUT2D eigenvalue weighted by Gasteiger charge is -2.40. The third-order valence-electron chi connectivity index (χ3n) is 2.98. The molecular formula is C12H15Cl2NO3. The van der Waals surface area contributed by atoms with Crippen LogP contribution in [0, 0.1) is 0 Å². The molecule has 1 saturated heterocycles.